The largest absolute Gasteiger partial charge is 0.494 e. The van der Waals surface area contributed by atoms with Gasteiger partial charge in [-0.2, -0.15) is 0 Å². The first-order valence-electron chi connectivity index (χ1n) is 4.70. The average Bonchev–Trinajstić information content (AvgIpc) is 2.27. The second-order valence-electron chi connectivity index (χ2n) is 3.20. The van der Waals surface area contributed by atoms with Crippen LogP contribution in [0.1, 0.15) is 12.5 Å². The van der Waals surface area contributed by atoms with Gasteiger partial charge >= 0.3 is 0 Å². The smallest absolute Gasteiger partial charge is 0.169 e. The number of terminal acetylenes is 1. The highest BCUT2D eigenvalue weighted by Crippen LogP contribution is 2.19. The van der Waals surface area contributed by atoms with Gasteiger partial charge in [0.1, 0.15) is 0 Å². The molecule has 0 aliphatic heterocycles. The van der Waals surface area contributed by atoms with E-state index in [4.69, 9.17) is 11.2 Å². The molecule has 0 radical (unpaired) electrons. The monoisotopic (exact) mass is 207 g/mol. The maximum absolute atomic E-state index is 13.6. The lowest BCUT2D eigenvalue weighted by molar-refractivity contribution is 0.383. The Balaban J connectivity index is 2.74. The molecule has 1 aromatic rings. The highest BCUT2D eigenvalue weighted by atomic mass is 19.1. The lowest BCUT2D eigenvalue weighted by Crippen LogP contribution is -2.24. The van der Waals surface area contributed by atoms with Crippen molar-refractivity contribution in [2.75, 3.05) is 7.11 Å². The van der Waals surface area contributed by atoms with Crippen LogP contribution < -0.4 is 10.1 Å². The topological polar surface area (TPSA) is 21.3 Å². The second kappa shape index (κ2) is 5.38. The first-order chi connectivity index (χ1) is 7.19. The van der Waals surface area contributed by atoms with Crippen molar-refractivity contribution in [3.63, 3.8) is 0 Å². The molecule has 3 heteroatoms. The van der Waals surface area contributed by atoms with Crippen molar-refractivity contribution in [1.82, 2.24) is 5.32 Å². The average molecular weight is 207 g/mol. The Hall–Kier alpha value is -1.53. The highest BCUT2D eigenvalue weighted by molar-refractivity contribution is 5.31. The van der Waals surface area contributed by atoms with Crippen LogP contribution >= 0.6 is 0 Å². The van der Waals surface area contributed by atoms with Crippen molar-refractivity contribution in [2.45, 2.75) is 19.5 Å². The molecule has 2 nitrogen and oxygen atoms in total. The molecule has 0 bridgehead atoms. The molecular weight excluding hydrogens is 193 g/mol. The fourth-order valence-electron chi connectivity index (χ4n) is 1.17. The normalized spacial score (nSPS) is 11.9. The molecule has 0 fully saturated rings. The zero-order valence-electron chi connectivity index (χ0n) is 8.88. The number of rotatable bonds is 4. The third-order valence-electron chi connectivity index (χ3n) is 2.11. The van der Waals surface area contributed by atoms with Crippen LogP contribution in [0.4, 0.5) is 4.39 Å². The lowest BCUT2D eigenvalue weighted by atomic mass is 10.2. The Morgan fingerprint density at radius 2 is 2.33 bits per heavy atom. The third kappa shape index (κ3) is 2.97. The van der Waals surface area contributed by atoms with Gasteiger partial charge in [0.15, 0.2) is 11.6 Å². The molecule has 0 heterocycles. The zero-order chi connectivity index (χ0) is 11.3. The van der Waals surface area contributed by atoms with Gasteiger partial charge in [0, 0.05) is 12.1 Å². The Bertz CT molecular complexity index is 370. The summed E-state index contributed by atoms with van der Waals surface area (Å²) in [5, 5.41) is 3.01. The summed E-state index contributed by atoms with van der Waals surface area (Å²) in [4.78, 5) is 0. The number of hydrogen-bond donors (Lipinski definition) is 1. The number of methoxy groups -OCH3 is 1. The molecule has 1 aromatic carbocycles. The molecular formula is C12H14FNO. The summed E-state index contributed by atoms with van der Waals surface area (Å²) in [6.45, 7) is 2.24. The number of nitrogens with one attached hydrogen (secondary N) is 1. The van der Waals surface area contributed by atoms with E-state index in [9.17, 15) is 4.39 Å². The van der Waals surface area contributed by atoms with Gasteiger partial charge in [0.05, 0.1) is 13.2 Å². The fourth-order valence-corrected chi connectivity index (χ4v) is 1.17. The summed E-state index contributed by atoms with van der Waals surface area (Å²) in [6, 6.07) is 4.97. The number of ether oxygens (including phenoxy) is 1. The van der Waals surface area contributed by atoms with E-state index in [1.165, 1.54) is 7.11 Å². The van der Waals surface area contributed by atoms with Crippen LogP contribution in [0.15, 0.2) is 18.2 Å². The first-order valence-corrected chi connectivity index (χ1v) is 4.70. The van der Waals surface area contributed by atoms with Crippen molar-refractivity contribution in [3.05, 3.63) is 29.6 Å². The molecule has 1 unspecified atom stereocenters. The van der Waals surface area contributed by atoms with E-state index in [1.54, 1.807) is 18.2 Å². The third-order valence-corrected chi connectivity index (χ3v) is 2.11. The molecule has 1 N–H and O–H groups in total. The van der Waals surface area contributed by atoms with Gasteiger partial charge in [-0.15, -0.1) is 6.42 Å². The molecule has 0 saturated heterocycles. The fraction of sp³-hybridized carbons (Fsp3) is 0.333. The standard InChI is InChI=1S/C12H14FNO/c1-4-9(2)14-8-10-6-5-7-11(15-3)12(10)13/h1,5-7,9,14H,8H2,2-3H3. The predicted molar refractivity (Wildman–Crippen MR) is 58.1 cm³/mol. The van der Waals surface area contributed by atoms with E-state index in [0.29, 0.717) is 12.1 Å². The Labute approximate surface area is 89.4 Å². The quantitative estimate of drug-likeness (QED) is 0.762. The van der Waals surface area contributed by atoms with Gasteiger partial charge in [-0.1, -0.05) is 18.1 Å². The van der Waals surface area contributed by atoms with E-state index < -0.39 is 0 Å². The Kier molecular flexibility index (Phi) is 4.14. The summed E-state index contributed by atoms with van der Waals surface area (Å²) in [5.41, 5.74) is 0.552. The number of hydrogen-bond acceptors (Lipinski definition) is 2. The van der Waals surface area contributed by atoms with Gasteiger partial charge in [0.25, 0.3) is 0 Å². The number of benzene rings is 1. The minimum atomic E-state index is -0.336. The van der Waals surface area contributed by atoms with Crippen LogP contribution in [0.25, 0.3) is 0 Å². The Morgan fingerprint density at radius 1 is 1.60 bits per heavy atom. The van der Waals surface area contributed by atoms with Crippen molar-refractivity contribution in [1.29, 1.82) is 0 Å². The maximum atomic E-state index is 13.6. The van der Waals surface area contributed by atoms with Crippen LogP contribution in [0.3, 0.4) is 0 Å². The van der Waals surface area contributed by atoms with Gasteiger partial charge in [0.2, 0.25) is 0 Å². The van der Waals surface area contributed by atoms with E-state index in [1.807, 2.05) is 6.92 Å². The summed E-state index contributed by atoms with van der Waals surface area (Å²) in [5.74, 6) is 2.43. The predicted octanol–water partition coefficient (Wildman–Crippen LogP) is 1.95. The molecule has 0 aliphatic carbocycles. The van der Waals surface area contributed by atoms with Crippen molar-refractivity contribution in [2.24, 2.45) is 0 Å². The molecule has 0 spiro atoms. The van der Waals surface area contributed by atoms with Crippen LogP contribution in [-0.2, 0) is 6.54 Å². The van der Waals surface area contributed by atoms with Crippen LogP contribution in [-0.4, -0.2) is 13.2 Å². The van der Waals surface area contributed by atoms with E-state index in [0.717, 1.165) is 0 Å². The van der Waals surface area contributed by atoms with Crippen molar-refractivity contribution >= 4 is 0 Å². The van der Waals surface area contributed by atoms with Gasteiger partial charge in [-0.3, -0.25) is 5.32 Å². The minimum Gasteiger partial charge on any atom is -0.494 e. The highest BCUT2D eigenvalue weighted by Gasteiger charge is 2.08. The summed E-state index contributed by atoms with van der Waals surface area (Å²) in [7, 11) is 1.44. The molecule has 0 amide bonds. The SMILES string of the molecule is C#CC(C)NCc1cccc(OC)c1F. The molecule has 1 atom stereocenters. The van der Waals surface area contributed by atoms with Crippen molar-refractivity contribution in [3.8, 4) is 18.1 Å². The molecule has 0 aromatic heterocycles. The molecule has 0 aliphatic rings. The van der Waals surface area contributed by atoms with Crippen LogP contribution in [0, 0.1) is 18.2 Å². The minimum absolute atomic E-state index is 0.0735. The lowest BCUT2D eigenvalue weighted by Gasteiger charge is -2.10. The van der Waals surface area contributed by atoms with Crippen LogP contribution in [0.5, 0.6) is 5.75 Å². The molecule has 0 saturated carbocycles. The van der Waals surface area contributed by atoms with Crippen LogP contribution in [0.2, 0.25) is 0 Å². The van der Waals surface area contributed by atoms with E-state index >= 15 is 0 Å². The first kappa shape index (κ1) is 11.5. The maximum Gasteiger partial charge on any atom is 0.169 e. The summed E-state index contributed by atoms with van der Waals surface area (Å²) >= 11 is 0. The number of halogens is 1. The van der Waals surface area contributed by atoms with E-state index in [-0.39, 0.29) is 17.6 Å². The van der Waals surface area contributed by atoms with Gasteiger partial charge < -0.3 is 4.74 Å². The van der Waals surface area contributed by atoms with Gasteiger partial charge in [-0.25, -0.2) is 4.39 Å². The van der Waals surface area contributed by atoms with Crippen molar-refractivity contribution < 1.29 is 9.13 Å². The Morgan fingerprint density at radius 3 is 2.93 bits per heavy atom. The molecule has 15 heavy (non-hydrogen) atoms. The second-order valence-corrected chi connectivity index (χ2v) is 3.20. The molecule has 1 rings (SSSR count). The van der Waals surface area contributed by atoms with E-state index in [2.05, 4.69) is 11.2 Å². The summed E-state index contributed by atoms with van der Waals surface area (Å²) < 4.78 is 18.5. The summed E-state index contributed by atoms with van der Waals surface area (Å²) in [6.07, 6.45) is 5.20. The van der Waals surface area contributed by atoms with Gasteiger partial charge in [-0.05, 0) is 13.0 Å². The molecule has 80 valence electrons. The zero-order valence-corrected chi connectivity index (χ0v) is 8.88.